The molecule has 0 aliphatic carbocycles. The lowest BCUT2D eigenvalue weighted by Gasteiger charge is -2.10. The third-order valence-electron chi connectivity index (χ3n) is 5.45. The number of aromatic nitrogens is 4. The molecule has 0 saturated heterocycles. The van der Waals surface area contributed by atoms with E-state index in [2.05, 4.69) is 20.3 Å². The minimum absolute atomic E-state index is 0.0306. The second-order valence-electron chi connectivity index (χ2n) is 7.74. The Morgan fingerprint density at radius 3 is 2.54 bits per heavy atom. The maximum Gasteiger partial charge on any atom is 0.271 e. The molecule has 5 aromatic rings. The molecule has 0 radical (unpaired) electrons. The minimum Gasteiger partial charge on any atom is -0.340 e. The molecule has 0 aliphatic heterocycles. The SMILES string of the molecule is Cc1ccc([N+](=O)[O-])cc1Nc1cc(-c2cnc3c(ccn3S(=O)(=O)c3ccccc3)c2)ncn1. The summed E-state index contributed by atoms with van der Waals surface area (Å²) in [5.74, 6) is 0.447. The molecular weight excluding hydrogens is 468 g/mol. The number of rotatable bonds is 6. The fourth-order valence-electron chi connectivity index (χ4n) is 3.62. The minimum atomic E-state index is -3.78. The molecule has 0 bridgehead atoms. The molecule has 3 heterocycles. The van der Waals surface area contributed by atoms with E-state index in [4.69, 9.17) is 0 Å². The van der Waals surface area contributed by atoms with E-state index in [0.717, 1.165) is 9.54 Å². The first-order valence-corrected chi connectivity index (χ1v) is 11.9. The van der Waals surface area contributed by atoms with E-state index < -0.39 is 14.9 Å². The molecule has 11 heteroatoms. The van der Waals surface area contributed by atoms with Crippen LogP contribution in [0.4, 0.5) is 17.2 Å². The van der Waals surface area contributed by atoms with Crippen LogP contribution in [-0.4, -0.2) is 32.3 Å². The number of non-ortho nitro benzene ring substituents is 1. The second-order valence-corrected chi connectivity index (χ2v) is 9.55. The highest BCUT2D eigenvalue weighted by Gasteiger charge is 2.19. The summed E-state index contributed by atoms with van der Waals surface area (Å²) in [6.45, 7) is 1.83. The highest BCUT2D eigenvalue weighted by Crippen LogP contribution is 2.28. The Balaban J connectivity index is 1.48. The number of fused-ring (bicyclic) bond motifs is 1. The van der Waals surface area contributed by atoms with Gasteiger partial charge in [0.2, 0.25) is 0 Å². The van der Waals surface area contributed by atoms with Gasteiger partial charge in [-0.05, 0) is 36.8 Å². The second kappa shape index (κ2) is 8.61. The predicted molar refractivity (Wildman–Crippen MR) is 131 cm³/mol. The molecule has 174 valence electrons. The van der Waals surface area contributed by atoms with Gasteiger partial charge < -0.3 is 5.32 Å². The summed E-state index contributed by atoms with van der Waals surface area (Å²) < 4.78 is 27.2. The van der Waals surface area contributed by atoms with E-state index in [1.165, 1.54) is 36.8 Å². The van der Waals surface area contributed by atoms with Crippen LogP contribution in [0.1, 0.15) is 5.56 Å². The average molecular weight is 487 g/mol. The molecule has 0 unspecified atom stereocenters. The van der Waals surface area contributed by atoms with Crippen molar-refractivity contribution in [2.24, 2.45) is 0 Å². The van der Waals surface area contributed by atoms with Crippen molar-refractivity contribution < 1.29 is 13.3 Å². The van der Waals surface area contributed by atoms with Crippen molar-refractivity contribution in [2.45, 2.75) is 11.8 Å². The van der Waals surface area contributed by atoms with Crippen LogP contribution in [0.25, 0.3) is 22.3 Å². The van der Waals surface area contributed by atoms with E-state index in [0.29, 0.717) is 33.8 Å². The molecule has 2 aromatic carbocycles. The third kappa shape index (κ3) is 4.20. The Morgan fingerprint density at radius 2 is 1.77 bits per heavy atom. The van der Waals surface area contributed by atoms with Crippen molar-refractivity contribution in [3.8, 4) is 11.3 Å². The van der Waals surface area contributed by atoms with Gasteiger partial charge in [0.05, 0.1) is 15.5 Å². The van der Waals surface area contributed by atoms with Crippen LogP contribution < -0.4 is 5.32 Å². The summed E-state index contributed by atoms with van der Waals surface area (Å²) in [4.78, 5) is 23.7. The highest BCUT2D eigenvalue weighted by atomic mass is 32.2. The van der Waals surface area contributed by atoms with Crippen molar-refractivity contribution in [1.82, 2.24) is 18.9 Å². The first-order valence-electron chi connectivity index (χ1n) is 10.5. The van der Waals surface area contributed by atoms with Gasteiger partial charge in [0.15, 0.2) is 5.65 Å². The smallest absolute Gasteiger partial charge is 0.271 e. The van der Waals surface area contributed by atoms with Crippen LogP contribution in [0.3, 0.4) is 0 Å². The zero-order valence-electron chi connectivity index (χ0n) is 18.4. The monoisotopic (exact) mass is 486 g/mol. The molecule has 0 spiro atoms. The van der Waals surface area contributed by atoms with Crippen molar-refractivity contribution in [3.05, 3.63) is 101 Å². The molecule has 0 amide bonds. The van der Waals surface area contributed by atoms with Gasteiger partial charge in [-0.25, -0.2) is 27.3 Å². The Hall–Kier alpha value is -4.64. The van der Waals surface area contributed by atoms with E-state index in [-0.39, 0.29) is 10.6 Å². The first-order chi connectivity index (χ1) is 16.8. The number of anilines is 2. The van der Waals surface area contributed by atoms with Gasteiger partial charge in [-0.3, -0.25) is 10.1 Å². The summed E-state index contributed by atoms with van der Waals surface area (Å²) in [5.41, 5.74) is 2.86. The van der Waals surface area contributed by atoms with Gasteiger partial charge in [0.25, 0.3) is 15.7 Å². The Kier molecular flexibility index (Phi) is 5.46. The Labute approximate surface area is 200 Å². The van der Waals surface area contributed by atoms with Crippen LogP contribution in [0.15, 0.2) is 90.3 Å². The fourth-order valence-corrected chi connectivity index (χ4v) is 4.95. The van der Waals surface area contributed by atoms with Gasteiger partial charge in [0.1, 0.15) is 12.1 Å². The number of hydrogen-bond donors (Lipinski definition) is 1. The summed E-state index contributed by atoms with van der Waals surface area (Å²) in [6, 6.07) is 17.9. The fraction of sp³-hybridized carbons (Fsp3) is 0.0417. The Morgan fingerprint density at radius 1 is 0.971 bits per heavy atom. The maximum absolute atomic E-state index is 13.0. The number of pyridine rings is 1. The summed E-state index contributed by atoms with van der Waals surface area (Å²) >= 11 is 0. The standard InChI is InChI=1S/C24H18N6O4S/c1-16-7-8-19(30(31)32)12-21(16)28-23-13-22(26-15-27-23)18-11-17-9-10-29(24(17)25-14-18)35(33,34)20-5-3-2-4-6-20/h2-15H,1H3,(H,26,27,28). The van der Waals surface area contributed by atoms with Crippen LogP contribution in [-0.2, 0) is 10.0 Å². The van der Waals surface area contributed by atoms with Crippen molar-refractivity contribution in [1.29, 1.82) is 0 Å². The topological polar surface area (TPSA) is 133 Å². The van der Waals surface area contributed by atoms with Crippen LogP contribution >= 0.6 is 0 Å². The number of hydrogen-bond acceptors (Lipinski definition) is 8. The number of nitrogens with zero attached hydrogens (tertiary/aromatic N) is 5. The van der Waals surface area contributed by atoms with Crippen molar-refractivity contribution >= 4 is 38.2 Å². The third-order valence-corrected chi connectivity index (χ3v) is 7.13. The van der Waals surface area contributed by atoms with Gasteiger partial charge in [-0.15, -0.1) is 0 Å². The van der Waals surface area contributed by atoms with Gasteiger partial charge in [-0.2, -0.15) is 0 Å². The summed E-state index contributed by atoms with van der Waals surface area (Å²) in [5, 5.41) is 14.8. The quantitative estimate of drug-likeness (QED) is 0.270. The van der Waals surface area contributed by atoms with Gasteiger partial charge in [0, 0.05) is 47.2 Å². The van der Waals surface area contributed by atoms with Crippen molar-refractivity contribution in [3.63, 3.8) is 0 Å². The summed E-state index contributed by atoms with van der Waals surface area (Å²) in [6.07, 6.45) is 4.39. The van der Waals surface area contributed by atoms with E-state index >= 15 is 0 Å². The van der Waals surface area contributed by atoms with E-state index in [1.807, 2.05) is 6.92 Å². The molecule has 5 rings (SSSR count). The molecule has 10 nitrogen and oxygen atoms in total. The lowest BCUT2D eigenvalue weighted by molar-refractivity contribution is -0.384. The van der Waals surface area contributed by atoms with Gasteiger partial charge in [-0.1, -0.05) is 24.3 Å². The van der Waals surface area contributed by atoms with Crippen LogP contribution in [0.2, 0.25) is 0 Å². The molecule has 0 fully saturated rings. The number of nitro groups is 1. The molecule has 0 aliphatic rings. The predicted octanol–water partition coefficient (Wildman–Crippen LogP) is 4.69. The molecule has 35 heavy (non-hydrogen) atoms. The summed E-state index contributed by atoms with van der Waals surface area (Å²) in [7, 11) is -3.78. The number of aryl methyl sites for hydroxylation is 1. The molecule has 0 atom stereocenters. The Bertz CT molecular complexity index is 1680. The van der Waals surface area contributed by atoms with Crippen LogP contribution in [0, 0.1) is 17.0 Å². The molecule has 1 N–H and O–H groups in total. The lowest BCUT2D eigenvalue weighted by atomic mass is 10.1. The lowest BCUT2D eigenvalue weighted by Crippen LogP contribution is -2.12. The number of nitro benzene ring substituents is 1. The normalized spacial score (nSPS) is 11.5. The van der Waals surface area contributed by atoms with Gasteiger partial charge >= 0.3 is 0 Å². The molecular formula is C24H18N6O4S. The zero-order valence-corrected chi connectivity index (χ0v) is 19.2. The number of nitrogens with one attached hydrogen (secondary N) is 1. The first kappa shape index (κ1) is 22.2. The average Bonchev–Trinajstić information content (AvgIpc) is 3.30. The van der Waals surface area contributed by atoms with Crippen molar-refractivity contribution in [2.75, 3.05) is 5.32 Å². The zero-order chi connectivity index (χ0) is 24.6. The maximum atomic E-state index is 13.0. The van der Waals surface area contributed by atoms with E-state index in [9.17, 15) is 18.5 Å². The van der Waals surface area contributed by atoms with Crippen LogP contribution in [0.5, 0.6) is 0 Å². The number of benzene rings is 2. The molecule has 0 saturated carbocycles. The largest absolute Gasteiger partial charge is 0.340 e. The van der Waals surface area contributed by atoms with E-state index in [1.54, 1.807) is 48.7 Å². The molecule has 3 aromatic heterocycles. The highest BCUT2D eigenvalue weighted by molar-refractivity contribution is 7.90.